The minimum Gasteiger partial charge on any atom is -0.311 e. The van der Waals surface area contributed by atoms with Crippen LogP contribution in [0.2, 0.25) is 0 Å². The summed E-state index contributed by atoms with van der Waals surface area (Å²) in [7, 11) is 0. The van der Waals surface area contributed by atoms with Crippen molar-refractivity contribution in [3.63, 3.8) is 0 Å². The van der Waals surface area contributed by atoms with Crippen LogP contribution in [0, 0.1) is 13.8 Å². The van der Waals surface area contributed by atoms with Crippen molar-refractivity contribution in [3.05, 3.63) is 161 Å². The molecule has 0 unspecified atom stereocenters. The van der Waals surface area contributed by atoms with Gasteiger partial charge >= 0.3 is 0 Å². The number of hydrogen-bond acceptors (Lipinski definition) is 3. The molecule has 7 aromatic carbocycles. The van der Waals surface area contributed by atoms with Crippen molar-refractivity contribution in [3.8, 4) is 11.1 Å². The standard InChI is InChI=1S/C60H61BN2S/c1-36-18-16-17-21-47(36)62-49-26-24-42-43-33-41(58(6,7)8)23-27-53(43)64-56(42)55(49)61-46-34-44-45(60(11,12)29-28-59(44,9)10)35-50(46)63(48-25-22-40(30-37(48)2)57(3,4)5)52-32-39(31-51(62)54(52)61)38-19-14-13-15-20-38/h13-27,30-35H,28-29H2,1-12H3. The first kappa shape index (κ1) is 41.2. The Morgan fingerprint density at radius 1 is 0.484 bits per heavy atom. The second-order valence-corrected chi connectivity index (χ2v) is 23.7. The van der Waals surface area contributed by atoms with Crippen molar-refractivity contribution in [2.75, 3.05) is 9.80 Å². The first-order valence-electron chi connectivity index (χ1n) is 23.5. The molecular weight excluding hydrogens is 792 g/mol. The highest BCUT2D eigenvalue weighted by molar-refractivity contribution is 7.28. The number of aryl methyl sites for hydroxylation is 2. The lowest BCUT2D eigenvalue weighted by Crippen LogP contribution is -2.62. The largest absolute Gasteiger partial charge is 0.311 e. The molecular formula is C60H61BN2S. The van der Waals surface area contributed by atoms with Gasteiger partial charge in [0.05, 0.1) is 0 Å². The van der Waals surface area contributed by atoms with Crippen LogP contribution in [-0.4, -0.2) is 6.71 Å². The highest BCUT2D eigenvalue weighted by Gasteiger charge is 2.48. The van der Waals surface area contributed by atoms with Crippen molar-refractivity contribution < 1.29 is 0 Å². The second-order valence-electron chi connectivity index (χ2n) is 22.6. The normalized spacial score (nSPS) is 16.2. The Morgan fingerprint density at radius 3 is 1.72 bits per heavy atom. The lowest BCUT2D eigenvalue weighted by Gasteiger charge is -2.48. The monoisotopic (exact) mass is 852 g/mol. The molecule has 0 N–H and O–H groups in total. The molecule has 2 nitrogen and oxygen atoms in total. The van der Waals surface area contributed by atoms with Gasteiger partial charge in [-0.15, -0.1) is 11.3 Å². The van der Waals surface area contributed by atoms with E-state index in [0.717, 1.165) is 0 Å². The van der Waals surface area contributed by atoms with Crippen molar-refractivity contribution in [1.29, 1.82) is 0 Å². The molecule has 1 aromatic heterocycles. The number of anilines is 6. The molecule has 2 aliphatic heterocycles. The van der Waals surface area contributed by atoms with E-state index in [-0.39, 0.29) is 28.4 Å². The van der Waals surface area contributed by atoms with Crippen LogP contribution >= 0.6 is 11.3 Å². The van der Waals surface area contributed by atoms with Crippen LogP contribution in [0.3, 0.4) is 0 Å². The van der Waals surface area contributed by atoms with E-state index in [1.165, 1.54) is 128 Å². The fraction of sp³-hybridized carbons (Fsp3) is 0.300. The van der Waals surface area contributed by atoms with E-state index in [4.69, 9.17) is 0 Å². The average Bonchev–Trinajstić information content (AvgIpc) is 3.63. The van der Waals surface area contributed by atoms with E-state index in [0.29, 0.717) is 0 Å². The van der Waals surface area contributed by atoms with Crippen molar-refractivity contribution in [2.45, 2.75) is 118 Å². The third kappa shape index (κ3) is 6.18. The van der Waals surface area contributed by atoms with Gasteiger partial charge in [0, 0.05) is 48.9 Å². The molecule has 0 spiro atoms. The zero-order chi connectivity index (χ0) is 44.8. The summed E-state index contributed by atoms with van der Waals surface area (Å²) >= 11 is 1.99. The van der Waals surface area contributed by atoms with Gasteiger partial charge in [-0.3, -0.25) is 0 Å². The molecule has 0 fully saturated rings. The van der Waals surface area contributed by atoms with E-state index in [2.05, 4.69) is 220 Å². The van der Waals surface area contributed by atoms with Crippen molar-refractivity contribution >= 4 is 88.7 Å². The summed E-state index contributed by atoms with van der Waals surface area (Å²) in [6.07, 6.45) is 2.34. The van der Waals surface area contributed by atoms with Crippen LogP contribution < -0.4 is 26.2 Å². The van der Waals surface area contributed by atoms with Gasteiger partial charge in [0.2, 0.25) is 0 Å². The van der Waals surface area contributed by atoms with Gasteiger partial charge in [0.1, 0.15) is 0 Å². The van der Waals surface area contributed by atoms with Crippen molar-refractivity contribution in [2.24, 2.45) is 0 Å². The summed E-state index contributed by atoms with van der Waals surface area (Å²) in [5, 5.41) is 2.72. The minimum absolute atomic E-state index is 0.00971. The van der Waals surface area contributed by atoms with Crippen LogP contribution in [0.25, 0.3) is 31.3 Å². The summed E-state index contributed by atoms with van der Waals surface area (Å²) in [5.41, 5.74) is 22.7. The fourth-order valence-corrected chi connectivity index (χ4v) is 12.6. The molecule has 0 radical (unpaired) electrons. The highest BCUT2D eigenvalue weighted by Crippen LogP contribution is 2.52. The number of benzene rings is 7. The molecule has 320 valence electrons. The van der Waals surface area contributed by atoms with E-state index >= 15 is 0 Å². The van der Waals surface area contributed by atoms with E-state index in [9.17, 15) is 0 Å². The van der Waals surface area contributed by atoms with E-state index < -0.39 is 0 Å². The number of thiophene rings is 1. The van der Waals surface area contributed by atoms with E-state index in [1.54, 1.807) is 0 Å². The third-order valence-corrected chi connectivity index (χ3v) is 16.5. The number of nitrogens with zero attached hydrogens (tertiary/aromatic N) is 2. The van der Waals surface area contributed by atoms with Gasteiger partial charge in [-0.25, -0.2) is 0 Å². The Labute approximate surface area is 386 Å². The third-order valence-electron chi connectivity index (χ3n) is 15.3. The van der Waals surface area contributed by atoms with Crippen LogP contribution in [0.15, 0.2) is 127 Å². The van der Waals surface area contributed by atoms with Gasteiger partial charge in [-0.2, -0.15) is 0 Å². The molecule has 0 atom stereocenters. The number of rotatable bonds is 3. The first-order valence-corrected chi connectivity index (χ1v) is 24.3. The minimum atomic E-state index is 0.00971. The topological polar surface area (TPSA) is 6.48 Å². The van der Waals surface area contributed by atoms with Gasteiger partial charge in [0.25, 0.3) is 6.71 Å². The Kier molecular flexibility index (Phi) is 8.98. The zero-order valence-corrected chi connectivity index (χ0v) is 40.7. The molecule has 8 aromatic rings. The smallest absolute Gasteiger partial charge is 0.254 e. The maximum Gasteiger partial charge on any atom is 0.254 e. The molecule has 0 bridgehead atoms. The summed E-state index contributed by atoms with van der Waals surface area (Å²) in [4.78, 5) is 5.31. The average molecular weight is 853 g/mol. The quantitative estimate of drug-likeness (QED) is 0.163. The maximum atomic E-state index is 2.69. The van der Waals surface area contributed by atoms with Crippen LogP contribution in [-0.2, 0) is 21.7 Å². The van der Waals surface area contributed by atoms with Gasteiger partial charge < -0.3 is 9.80 Å². The van der Waals surface area contributed by atoms with Gasteiger partial charge in [-0.05, 0) is 163 Å². The zero-order valence-electron chi connectivity index (χ0n) is 39.9. The lowest BCUT2D eigenvalue weighted by molar-refractivity contribution is 0.332. The molecule has 3 heterocycles. The number of fused-ring (bicyclic) bond motifs is 9. The lowest BCUT2D eigenvalue weighted by atomic mass is 9.33. The van der Waals surface area contributed by atoms with Gasteiger partial charge in [0.15, 0.2) is 0 Å². The molecule has 3 aliphatic rings. The Hall–Kier alpha value is -5.58. The van der Waals surface area contributed by atoms with Crippen LogP contribution in [0.1, 0.15) is 115 Å². The Balaban J connectivity index is 1.33. The number of hydrogen-bond donors (Lipinski definition) is 0. The Morgan fingerprint density at radius 2 is 1.06 bits per heavy atom. The van der Waals surface area contributed by atoms with Crippen LogP contribution in [0.4, 0.5) is 34.1 Å². The maximum absolute atomic E-state index is 2.69. The predicted molar refractivity (Wildman–Crippen MR) is 281 cm³/mol. The SMILES string of the molecule is Cc1cc(C(C)(C)C)ccc1N1c2cc3c(cc2B2c4c1cc(-c1ccccc1)cc4N(c1ccccc1C)c1ccc4c(sc5ccc(C(C)(C)C)cc54)c12)C(C)(C)CCC3(C)C. The van der Waals surface area contributed by atoms with E-state index in [1.807, 2.05) is 11.3 Å². The summed E-state index contributed by atoms with van der Waals surface area (Å²) in [5.74, 6) is 0. The molecule has 0 saturated carbocycles. The molecule has 64 heavy (non-hydrogen) atoms. The second kappa shape index (κ2) is 14.0. The summed E-state index contributed by atoms with van der Waals surface area (Å²) in [6, 6.07) is 49.8. The predicted octanol–water partition coefficient (Wildman–Crippen LogP) is 15.4. The molecule has 11 rings (SSSR count). The summed E-state index contributed by atoms with van der Waals surface area (Å²) < 4.78 is 2.75. The van der Waals surface area contributed by atoms with Crippen molar-refractivity contribution in [1.82, 2.24) is 0 Å². The summed E-state index contributed by atoms with van der Waals surface area (Å²) in [6.45, 7) is 28.5. The number of para-hydroxylation sites is 1. The molecule has 0 amide bonds. The molecule has 0 saturated heterocycles. The molecule has 4 heteroatoms. The fourth-order valence-electron chi connectivity index (χ4n) is 11.3. The molecule has 1 aliphatic carbocycles. The highest BCUT2D eigenvalue weighted by atomic mass is 32.1. The van der Waals surface area contributed by atoms with Crippen LogP contribution in [0.5, 0.6) is 0 Å². The first-order chi connectivity index (χ1) is 30.3. The van der Waals surface area contributed by atoms with Gasteiger partial charge in [-0.1, -0.05) is 148 Å². The Bertz CT molecular complexity index is 3230.